The van der Waals surface area contributed by atoms with Crippen LogP contribution in [0.25, 0.3) is 0 Å². The molecule has 0 amide bonds. The van der Waals surface area contributed by atoms with E-state index in [0.717, 1.165) is 22.2 Å². The van der Waals surface area contributed by atoms with Crippen LogP contribution in [-0.4, -0.2) is 30.9 Å². The lowest BCUT2D eigenvalue weighted by Gasteiger charge is -2.28. The fourth-order valence-electron chi connectivity index (χ4n) is 4.01. The molecule has 0 aliphatic carbocycles. The van der Waals surface area contributed by atoms with Crippen LogP contribution >= 0.6 is 7.92 Å². The molecule has 5 nitrogen and oxygen atoms in total. The highest BCUT2D eigenvalue weighted by atomic mass is 31.1. The molecule has 0 heterocycles. The van der Waals surface area contributed by atoms with Gasteiger partial charge in [-0.05, 0) is 43.7 Å². The lowest BCUT2D eigenvalue weighted by molar-refractivity contribution is -0.152. The monoisotopic (exact) mass is 490 g/mol. The number of carbonyl (C=O) groups is 3. The molecule has 6 heteroatoms. The second kappa shape index (κ2) is 13.0. The zero-order chi connectivity index (χ0) is 25.2. The van der Waals surface area contributed by atoms with Crippen molar-refractivity contribution in [1.82, 2.24) is 0 Å². The zero-order valence-corrected chi connectivity index (χ0v) is 21.2. The summed E-state index contributed by atoms with van der Waals surface area (Å²) in [5.41, 5.74) is 0.450. The van der Waals surface area contributed by atoms with Gasteiger partial charge in [0, 0.05) is 12.3 Å². The van der Waals surface area contributed by atoms with Crippen molar-refractivity contribution in [1.29, 1.82) is 0 Å². The second-order valence-corrected chi connectivity index (χ2v) is 10.5. The van der Waals surface area contributed by atoms with Gasteiger partial charge in [-0.15, -0.1) is 0 Å². The lowest BCUT2D eigenvalue weighted by atomic mass is 9.91. The van der Waals surface area contributed by atoms with E-state index >= 15 is 0 Å². The fourth-order valence-corrected chi connectivity index (χ4v) is 6.45. The molecule has 0 unspecified atom stereocenters. The molecule has 0 spiro atoms. The Bertz CT molecular complexity index is 1080. The molecule has 3 atom stereocenters. The number of rotatable bonds is 11. The molecule has 0 aliphatic rings. The van der Waals surface area contributed by atoms with Crippen LogP contribution in [0, 0.1) is 11.8 Å². The van der Waals surface area contributed by atoms with Crippen molar-refractivity contribution >= 4 is 42.1 Å². The quantitative estimate of drug-likeness (QED) is 0.227. The molecule has 182 valence electrons. The SMILES string of the molecule is CCOC(=O)[C@H](C)[C@@H](OC(=O)c1ccccc1P(c1ccccc1)c1ccccc1)[C@H](C)CC=O. The highest BCUT2D eigenvalue weighted by Crippen LogP contribution is 2.34. The molecule has 0 aromatic heterocycles. The minimum Gasteiger partial charge on any atom is -0.466 e. The van der Waals surface area contributed by atoms with Crippen LogP contribution in [-0.2, 0) is 19.1 Å². The van der Waals surface area contributed by atoms with Crippen LogP contribution in [0.5, 0.6) is 0 Å². The van der Waals surface area contributed by atoms with Gasteiger partial charge in [-0.25, -0.2) is 4.79 Å². The topological polar surface area (TPSA) is 69.7 Å². The Labute approximate surface area is 208 Å². The van der Waals surface area contributed by atoms with E-state index in [1.807, 2.05) is 54.6 Å². The molecular weight excluding hydrogens is 459 g/mol. The third-order valence-corrected chi connectivity index (χ3v) is 8.32. The Morgan fingerprint density at radius 1 is 0.857 bits per heavy atom. The van der Waals surface area contributed by atoms with E-state index < -0.39 is 31.9 Å². The molecular formula is C29H31O5P. The lowest BCUT2D eigenvalue weighted by Crippen LogP contribution is -2.38. The van der Waals surface area contributed by atoms with Gasteiger partial charge in [0.05, 0.1) is 18.1 Å². The Morgan fingerprint density at radius 3 is 1.94 bits per heavy atom. The summed E-state index contributed by atoms with van der Waals surface area (Å²) in [4.78, 5) is 37.2. The van der Waals surface area contributed by atoms with Crippen molar-refractivity contribution in [3.63, 3.8) is 0 Å². The van der Waals surface area contributed by atoms with E-state index in [9.17, 15) is 14.4 Å². The van der Waals surface area contributed by atoms with Crippen LogP contribution < -0.4 is 15.9 Å². The number of benzene rings is 3. The molecule has 0 saturated heterocycles. The molecule has 0 bridgehead atoms. The third kappa shape index (κ3) is 6.64. The van der Waals surface area contributed by atoms with Gasteiger partial charge in [-0.1, -0.05) is 85.8 Å². The van der Waals surface area contributed by atoms with E-state index in [4.69, 9.17) is 9.47 Å². The third-order valence-electron chi connectivity index (χ3n) is 5.82. The Kier molecular flexibility index (Phi) is 9.75. The molecule has 3 aromatic carbocycles. The van der Waals surface area contributed by atoms with Crippen molar-refractivity contribution in [2.45, 2.75) is 33.3 Å². The maximum absolute atomic E-state index is 13.6. The van der Waals surface area contributed by atoms with Gasteiger partial charge in [-0.2, -0.15) is 0 Å². The molecule has 0 N–H and O–H groups in total. The Morgan fingerprint density at radius 2 is 1.40 bits per heavy atom. The number of aldehydes is 1. The Hall–Kier alpha value is -3.30. The van der Waals surface area contributed by atoms with Crippen LogP contribution in [0.2, 0.25) is 0 Å². The largest absolute Gasteiger partial charge is 0.466 e. The summed E-state index contributed by atoms with van der Waals surface area (Å²) in [6, 6.07) is 27.6. The summed E-state index contributed by atoms with van der Waals surface area (Å²) in [5, 5.41) is 3.09. The van der Waals surface area contributed by atoms with Gasteiger partial charge in [0.25, 0.3) is 0 Å². The molecule has 0 aliphatic heterocycles. The van der Waals surface area contributed by atoms with Crippen molar-refractivity contribution < 1.29 is 23.9 Å². The molecule has 0 fully saturated rings. The summed E-state index contributed by atoms with van der Waals surface area (Å²) in [7, 11) is -1.03. The molecule has 3 aromatic rings. The average Bonchev–Trinajstić information content (AvgIpc) is 2.89. The highest BCUT2D eigenvalue weighted by Gasteiger charge is 2.34. The first-order chi connectivity index (χ1) is 17.0. The second-order valence-electron chi connectivity index (χ2n) is 8.31. The molecule has 0 saturated carbocycles. The summed E-state index contributed by atoms with van der Waals surface area (Å²) < 4.78 is 11.1. The standard InChI is InChI=1S/C29H31O5P/c1-4-33-28(31)22(3)27(21(2)19-20-30)34-29(32)25-17-11-12-18-26(25)35(23-13-7-5-8-14-23)24-15-9-6-10-16-24/h5-18,20-22,27H,4,19H2,1-3H3/t21-,22-,27+/m1/s1. The van der Waals surface area contributed by atoms with Crippen LogP contribution in [0.1, 0.15) is 37.6 Å². The van der Waals surface area contributed by atoms with Crippen LogP contribution in [0.15, 0.2) is 84.9 Å². The molecule has 0 radical (unpaired) electrons. The van der Waals surface area contributed by atoms with Gasteiger partial charge < -0.3 is 14.3 Å². The number of ether oxygens (including phenoxy) is 2. The van der Waals surface area contributed by atoms with E-state index in [-0.39, 0.29) is 18.9 Å². The summed E-state index contributed by atoms with van der Waals surface area (Å²) >= 11 is 0. The van der Waals surface area contributed by atoms with E-state index in [0.29, 0.717) is 5.56 Å². The normalized spacial score (nSPS) is 13.5. The van der Waals surface area contributed by atoms with E-state index in [1.165, 1.54) is 0 Å². The van der Waals surface area contributed by atoms with Crippen molar-refractivity contribution in [2.75, 3.05) is 6.61 Å². The first kappa shape index (κ1) is 26.3. The van der Waals surface area contributed by atoms with Crippen molar-refractivity contribution in [3.8, 4) is 0 Å². The maximum atomic E-state index is 13.6. The predicted octanol–water partition coefficient (Wildman–Crippen LogP) is 4.39. The highest BCUT2D eigenvalue weighted by molar-refractivity contribution is 7.80. The smallest absolute Gasteiger partial charge is 0.339 e. The first-order valence-corrected chi connectivity index (χ1v) is 13.1. The molecule has 35 heavy (non-hydrogen) atoms. The van der Waals surface area contributed by atoms with Crippen molar-refractivity contribution in [3.05, 3.63) is 90.5 Å². The predicted molar refractivity (Wildman–Crippen MR) is 140 cm³/mol. The van der Waals surface area contributed by atoms with Crippen molar-refractivity contribution in [2.24, 2.45) is 11.8 Å². The van der Waals surface area contributed by atoms with Gasteiger partial charge >= 0.3 is 11.9 Å². The van der Waals surface area contributed by atoms with E-state index in [2.05, 4.69) is 24.3 Å². The number of esters is 2. The summed E-state index contributed by atoms with van der Waals surface area (Å²) in [5.74, 6) is -2.01. The summed E-state index contributed by atoms with van der Waals surface area (Å²) in [6.45, 7) is 5.43. The number of hydrogen-bond acceptors (Lipinski definition) is 5. The average molecular weight is 491 g/mol. The number of hydrogen-bond donors (Lipinski definition) is 0. The molecule has 3 rings (SSSR count). The minimum absolute atomic E-state index is 0.171. The van der Waals surface area contributed by atoms with Gasteiger partial charge in [0.15, 0.2) is 0 Å². The van der Waals surface area contributed by atoms with Gasteiger partial charge in [-0.3, -0.25) is 4.79 Å². The first-order valence-electron chi connectivity index (χ1n) is 11.8. The summed E-state index contributed by atoms with van der Waals surface area (Å²) in [6.07, 6.45) is 0.158. The van der Waals surface area contributed by atoms with Gasteiger partial charge in [0.1, 0.15) is 12.4 Å². The van der Waals surface area contributed by atoms with E-state index in [1.54, 1.807) is 26.8 Å². The minimum atomic E-state index is -1.03. The maximum Gasteiger partial charge on any atom is 0.339 e. The number of carbonyl (C=O) groups excluding carboxylic acids is 3. The van der Waals surface area contributed by atoms with Crippen LogP contribution in [0.4, 0.5) is 0 Å². The van der Waals surface area contributed by atoms with Crippen LogP contribution in [0.3, 0.4) is 0 Å². The Balaban J connectivity index is 2.01. The fraction of sp³-hybridized carbons (Fsp3) is 0.276. The zero-order valence-electron chi connectivity index (χ0n) is 20.3. The van der Waals surface area contributed by atoms with Gasteiger partial charge in [0.2, 0.25) is 0 Å².